The summed E-state index contributed by atoms with van der Waals surface area (Å²) in [5, 5.41) is 7.93. The molecule has 3 nitrogen and oxygen atoms in total. The van der Waals surface area contributed by atoms with Crippen molar-refractivity contribution in [3.05, 3.63) is 12.3 Å². The highest BCUT2D eigenvalue weighted by atomic mass is 15.3. The molecule has 1 aromatic rings. The first kappa shape index (κ1) is 11.5. The SMILES string of the molecule is CC(C)C1CCCC(Nc2ccn(C)n2)C1. The van der Waals surface area contributed by atoms with Gasteiger partial charge in [0.2, 0.25) is 0 Å². The molecule has 0 aromatic carbocycles. The number of nitrogens with zero attached hydrogens (tertiary/aromatic N) is 2. The molecule has 1 heterocycles. The van der Waals surface area contributed by atoms with E-state index in [1.165, 1.54) is 25.7 Å². The second-order valence-electron chi connectivity index (χ2n) is 5.39. The molecule has 2 unspecified atom stereocenters. The minimum atomic E-state index is 0.621. The lowest BCUT2D eigenvalue weighted by Gasteiger charge is -2.32. The van der Waals surface area contributed by atoms with Crippen LogP contribution < -0.4 is 5.32 Å². The van der Waals surface area contributed by atoms with Gasteiger partial charge in [0.15, 0.2) is 0 Å². The fourth-order valence-corrected chi connectivity index (χ4v) is 2.67. The molecule has 0 bridgehead atoms. The third-order valence-electron chi connectivity index (χ3n) is 3.72. The Labute approximate surface area is 98.2 Å². The molecule has 0 aliphatic heterocycles. The normalized spacial score (nSPS) is 26.0. The van der Waals surface area contributed by atoms with Gasteiger partial charge in [0.05, 0.1) is 0 Å². The van der Waals surface area contributed by atoms with Crippen LogP contribution in [0.25, 0.3) is 0 Å². The van der Waals surface area contributed by atoms with Crippen molar-refractivity contribution in [2.75, 3.05) is 5.32 Å². The number of rotatable bonds is 3. The summed E-state index contributed by atoms with van der Waals surface area (Å²) in [5.41, 5.74) is 0. The van der Waals surface area contributed by atoms with Crippen LogP contribution in [0.15, 0.2) is 12.3 Å². The average Bonchev–Trinajstić information content (AvgIpc) is 2.64. The van der Waals surface area contributed by atoms with Crippen molar-refractivity contribution in [1.29, 1.82) is 0 Å². The summed E-state index contributed by atoms with van der Waals surface area (Å²) in [7, 11) is 1.96. The molecule has 1 fully saturated rings. The maximum atomic E-state index is 4.38. The highest BCUT2D eigenvalue weighted by Crippen LogP contribution is 2.31. The predicted molar refractivity (Wildman–Crippen MR) is 67.4 cm³/mol. The van der Waals surface area contributed by atoms with Gasteiger partial charge in [-0.25, -0.2) is 0 Å². The molecule has 1 aliphatic carbocycles. The quantitative estimate of drug-likeness (QED) is 0.850. The van der Waals surface area contributed by atoms with E-state index in [-0.39, 0.29) is 0 Å². The fourth-order valence-electron chi connectivity index (χ4n) is 2.67. The molecule has 2 rings (SSSR count). The van der Waals surface area contributed by atoms with Crippen LogP contribution in [0.3, 0.4) is 0 Å². The van der Waals surface area contributed by atoms with Crippen LogP contribution in [-0.2, 0) is 7.05 Å². The summed E-state index contributed by atoms with van der Waals surface area (Å²) in [4.78, 5) is 0. The van der Waals surface area contributed by atoms with Gasteiger partial charge in [-0.1, -0.05) is 26.7 Å². The summed E-state index contributed by atoms with van der Waals surface area (Å²) < 4.78 is 1.85. The highest BCUT2D eigenvalue weighted by molar-refractivity contribution is 5.33. The summed E-state index contributed by atoms with van der Waals surface area (Å²) in [6, 6.07) is 2.68. The third kappa shape index (κ3) is 2.77. The average molecular weight is 221 g/mol. The molecule has 1 aromatic heterocycles. The summed E-state index contributed by atoms with van der Waals surface area (Å²) >= 11 is 0. The molecule has 3 heteroatoms. The van der Waals surface area contributed by atoms with Crippen LogP contribution in [0.1, 0.15) is 39.5 Å². The van der Waals surface area contributed by atoms with E-state index >= 15 is 0 Å². The van der Waals surface area contributed by atoms with Gasteiger partial charge in [-0.3, -0.25) is 4.68 Å². The van der Waals surface area contributed by atoms with E-state index in [9.17, 15) is 0 Å². The Balaban J connectivity index is 1.90. The Hall–Kier alpha value is -0.990. The van der Waals surface area contributed by atoms with Crippen molar-refractivity contribution in [1.82, 2.24) is 9.78 Å². The van der Waals surface area contributed by atoms with Gasteiger partial charge in [0.25, 0.3) is 0 Å². The molecular formula is C13H23N3. The van der Waals surface area contributed by atoms with Crippen LogP contribution in [0.2, 0.25) is 0 Å². The van der Waals surface area contributed by atoms with Crippen molar-refractivity contribution in [3.63, 3.8) is 0 Å². The zero-order chi connectivity index (χ0) is 11.5. The van der Waals surface area contributed by atoms with Gasteiger partial charge in [-0.15, -0.1) is 0 Å². The van der Waals surface area contributed by atoms with E-state index in [0.29, 0.717) is 6.04 Å². The molecule has 1 saturated carbocycles. The lowest BCUT2D eigenvalue weighted by molar-refractivity contribution is 0.264. The minimum Gasteiger partial charge on any atom is -0.366 e. The van der Waals surface area contributed by atoms with Crippen molar-refractivity contribution in [2.45, 2.75) is 45.6 Å². The van der Waals surface area contributed by atoms with Crippen LogP contribution >= 0.6 is 0 Å². The van der Waals surface area contributed by atoms with E-state index < -0.39 is 0 Å². The van der Waals surface area contributed by atoms with Crippen LogP contribution in [0.4, 0.5) is 5.82 Å². The number of aryl methyl sites for hydroxylation is 1. The van der Waals surface area contributed by atoms with E-state index in [1.54, 1.807) is 0 Å². The first-order valence-electron chi connectivity index (χ1n) is 6.41. The zero-order valence-electron chi connectivity index (χ0n) is 10.6. The van der Waals surface area contributed by atoms with Gasteiger partial charge < -0.3 is 5.32 Å². The molecule has 0 saturated heterocycles. The molecule has 0 amide bonds. The summed E-state index contributed by atoms with van der Waals surface area (Å²) in [5.74, 6) is 2.72. The maximum Gasteiger partial charge on any atom is 0.148 e. The molecule has 0 spiro atoms. The lowest BCUT2D eigenvalue weighted by atomic mass is 9.79. The zero-order valence-corrected chi connectivity index (χ0v) is 10.6. The second kappa shape index (κ2) is 4.89. The Morgan fingerprint density at radius 3 is 2.88 bits per heavy atom. The maximum absolute atomic E-state index is 4.38. The molecule has 90 valence electrons. The standard InChI is InChI=1S/C13H23N3/c1-10(2)11-5-4-6-12(9-11)14-13-7-8-16(3)15-13/h7-8,10-12H,4-6,9H2,1-3H3,(H,14,15). The van der Waals surface area contributed by atoms with Crippen LogP contribution in [0.5, 0.6) is 0 Å². The molecular weight excluding hydrogens is 198 g/mol. The van der Waals surface area contributed by atoms with Crippen molar-refractivity contribution < 1.29 is 0 Å². The summed E-state index contributed by atoms with van der Waals surface area (Å²) in [6.45, 7) is 4.68. The number of anilines is 1. The van der Waals surface area contributed by atoms with E-state index in [1.807, 2.05) is 17.9 Å². The van der Waals surface area contributed by atoms with Gasteiger partial charge in [0, 0.05) is 25.4 Å². The van der Waals surface area contributed by atoms with Crippen molar-refractivity contribution in [2.24, 2.45) is 18.9 Å². The molecule has 0 radical (unpaired) electrons. The van der Waals surface area contributed by atoms with Crippen LogP contribution in [-0.4, -0.2) is 15.8 Å². The van der Waals surface area contributed by atoms with E-state index in [2.05, 4.69) is 30.3 Å². The molecule has 1 aliphatic rings. The summed E-state index contributed by atoms with van der Waals surface area (Å²) in [6.07, 6.45) is 7.34. The monoisotopic (exact) mass is 221 g/mol. The second-order valence-corrected chi connectivity index (χ2v) is 5.39. The van der Waals surface area contributed by atoms with Gasteiger partial charge in [-0.05, 0) is 24.7 Å². The minimum absolute atomic E-state index is 0.621. The van der Waals surface area contributed by atoms with Crippen molar-refractivity contribution in [3.8, 4) is 0 Å². The largest absolute Gasteiger partial charge is 0.366 e. The smallest absolute Gasteiger partial charge is 0.148 e. The third-order valence-corrected chi connectivity index (χ3v) is 3.72. The predicted octanol–water partition coefficient (Wildman–Crippen LogP) is 3.05. The molecule has 16 heavy (non-hydrogen) atoms. The highest BCUT2D eigenvalue weighted by Gasteiger charge is 2.24. The number of hydrogen-bond acceptors (Lipinski definition) is 2. The number of hydrogen-bond donors (Lipinski definition) is 1. The van der Waals surface area contributed by atoms with E-state index in [0.717, 1.165) is 17.7 Å². The first-order valence-corrected chi connectivity index (χ1v) is 6.41. The van der Waals surface area contributed by atoms with Crippen LogP contribution in [0, 0.1) is 11.8 Å². The van der Waals surface area contributed by atoms with Gasteiger partial charge in [0.1, 0.15) is 5.82 Å². The van der Waals surface area contributed by atoms with Gasteiger partial charge in [-0.2, -0.15) is 5.10 Å². The van der Waals surface area contributed by atoms with Gasteiger partial charge >= 0.3 is 0 Å². The number of nitrogens with one attached hydrogen (secondary N) is 1. The Morgan fingerprint density at radius 2 is 2.25 bits per heavy atom. The fraction of sp³-hybridized carbons (Fsp3) is 0.769. The lowest BCUT2D eigenvalue weighted by Crippen LogP contribution is -2.29. The number of aromatic nitrogens is 2. The topological polar surface area (TPSA) is 29.9 Å². The Morgan fingerprint density at radius 1 is 1.44 bits per heavy atom. The molecule has 1 N–H and O–H groups in total. The first-order chi connectivity index (χ1) is 7.65. The van der Waals surface area contributed by atoms with E-state index in [4.69, 9.17) is 0 Å². The Bertz CT molecular complexity index is 330. The Kier molecular flexibility index (Phi) is 3.52. The molecule has 2 atom stereocenters. The van der Waals surface area contributed by atoms with Crippen molar-refractivity contribution >= 4 is 5.82 Å².